The molecule has 7 heteroatoms. The highest BCUT2D eigenvalue weighted by Gasteiger charge is 2.06. The van der Waals surface area contributed by atoms with Crippen molar-refractivity contribution >= 4 is 33.6 Å². The lowest BCUT2D eigenvalue weighted by Crippen LogP contribution is -2.33. The highest BCUT2D eigenvalue weighted by Crippen LogP contribution is 2.18. The number of nitrogen functional groups attached to an aromatic ring is 1. The second-order valence-corrected chi connectivity index (χ2v) is 4.83. The maximum Gasteiger partial charge on any atom is 0.221 e. The Bertz CT molecular complexity index is 412. The van der Waals surface area contributed by atoms with Crippen molar-refractivity contribution in [2.24, 2.45) is 0 Å². The van der Waals surface area contributed by atoms with Crippen molar-refractivity contribution in [3.8, 4) is 0 Å². The van der Waals surface area contributed by atoms with Gasteiger partial charge in [0.15, 0.2) is 0 Å². The molecule has 1 amide bonds. The predicted molar refractivity (Wildman–Crippen MR) is 75.1 cm³/mol. The Morgan fingerprint density at radius 2 is 2.33 bits per heavy atom. The molecule has 0 fully saturated rings. The molecule has 0 aliphatic rings. The average molecular weight is 316 g/mol. The molecule has 1 aromatic heterocycles. The lowest BCUT2D eigenvalue weighted by molar-refractivity contribution is -0.121. The average Bonchev–Trinajstić information content (AvgIpc) is 2.33. The number of hydrogen-bond acceptors (Lipinski definition) is 5. The topological polar surface area (TPSA) is 92.9 Å². The van der Waals surface area contributed by atoms with E-state index in [0.717, 1.165) is 10.9 Å². The quantitative estimate of drug-likeness (QED) is 0.740. The molecule has 4 N–H and O–H groups in total. The third kappa shape index (κ3) is 4.87. The lowest BCUT2D eigenvalue weighted by atomic mass is 10.2. The number of nitrogens with zero attached hydrogens (tertiary/aromatic N) is 2. The number of carbonyl (C=O) groups excluding carboxylic acids is 1. The Labute approximate surface area is 115 Å². The van der Waals surface area contributed by atoms with Crippen LogP contribution in [-0.2, 0) is 4.79 Å². The molecule has 0 aliphatic heterocycles. The third-order valence-corrected chi connectivity index (χ3v) is 3.01. The van der Waals surface area contributed by atoms with E-state index in [2.05, 4.69) is 36.5 Å². The maximum atomic E-state index is 11.5. The second-order valence-electron chi connectivity index (χ2n) is 3.98. The van der Waals surface area contributed by atoms with Crippen LogP contribution in [0.5, 0.6) is 0 Å². The fourth-order valence-corrected chi connectivity index (χ4v) is 1.58. The van der Waals surface area contributed by atoms with Gasteiger partial charge in [0.25, 0.3) is 0 Å². The number of hydrogen-bond donors (Lipinski definition) is 3. The van der Waals surface area contributed by atoms with Gasteiger partial charge in [0, 0.05) is 25.2 Å². The van der Waals surface area contributed by atoms with E-state index in [1.54, 1.807) is 6.20 Å². The van der Waals surface area contributed by atoms with Crippen molar-refractivity contribution in [3.63, 3.8) is 0 Å². The van der Waals surface area contributed by atoms with E-state index in [1.165, 1.54) is 0 Å². The molecule has 1 heterocycles. The summed E-state index contributed by atoms with van der Waals surface area (Å²) in [5.74, 6) is 0.818. The van der Waals surface area contributed by atoms with Crippen LogP contribution < -0.4 is 16.4 Å². The first-order valence-corrected chi connectivity index (χ1v) is 6.63. The summed E-state index contributed by atoms with van der Waals surface area (Å²) in [6.07, 6.45) is 2.89. The van der Waals surface area contributed by atoms with Crippen LogP contribution >= 0.6 is 15.9 Å². The van der Waals surface area contributed by atoms with Gasteiger partial charge in [0.2, 0.25) is 11.9 Å². The Hall–Kier alpha value is -1.37. The molecular weight excluding hydrogens is 298 g/mol. The van der Waals surface area contributed by atoms with E-state index in [9.17, 15) is 4.79 Å². The van der Waals surface area contributed by atoms with Crippen LogP contribution in [0.4, 0.5) is 11.8 Å². The van der Waals surface area contributed by atoms with Gasteiger partial charge >= 0.3 is 0 Å². The number of halogens is 1. The molecule has 0 bridgehead atoms. The Morgan fingerprint density at radius 3 is 3.00 bits per heavy atom. The lowest BCUT2D eigenvalue weighted by Gasteiger charge is -2.12. The molecule has 0 saturated carbocycles. The number of carbonyl (C=O) groups is 1. The summed E-state index contributed by atoms with van der Waals surface area (Å²) in [6.45, 7) is 4.51. The van der Waals surface area contributed by atoms with Crippen LogP contribution in [0.25, 0.3) is 0 Å². The van der Waals surface area contributed by atoms with Gasteiger partial charge in [0.1, 0.15) is 5.82 Å². The molecular formula is C11H18BrN5O. The number of rotatable bonds is 6. The van der Waals surface area contributed by atoms with Crippen molar-refractivity contribution in [1.29, 1.82) is 0 Å². The van der Waals surface area contributed by atoms with E-state index in [1.807, 2.05) is 13.8 Å². The van der Waals surface area contributed by atoms with Crippen molar-refractivity contribution in [1.82, 2.24) is 15.3 Å². The molecule has 1 atom stereocenters. The van der Waals surface area contributed by atoms with Gasteiger partial charge in [-0.15, -0.1) is 0 Å². The number of nitrogens with two attached hydrogens (primary N) is 1. The zero-order chi connectivity index (χ0) is 13.5. The first kappa shape index (κ1) is 14.7. The van der Waals surface area contributed by atoms with E-state index in [-0.39, 0.29) is 17.9 Å². The summed E-state index contributed by atoms with van der Waals surface area (Å²) in [5, 5.41) is 5.93. The van der Waals surface area contributed by atoms with Crippen LogP contribution in [0.15, 0.2) is 10.7 Å². The molecule has 0 aliphatic carbocycles. The fraction of sp³-hybridized carbons (Fsp3) is 0.545. The van der Waals surface area contributed by atoms with Crippen LogP contribution in [0, 0.1) is 0 Å². The van der Waals surface area contributed by atoms with Crippen LogP contribution in [-0.4, -0.2) is 28.5 Å². The first-order valence-electron chi connectivity index (χ1n) is 5.84. The summed E-state index contributed by atoms with van der Waals surface area (Å²) in [4.78, 5) is 19.4. The molecule has 18 heavy (non-hydrogen) atoms. The normalized spacial score (nSPS) is 11.9. The van der Waals surface area contributed by atoms with Crippen molar-refractivity contribution < 1.29 is 4.79 Å². The summed E-state index contributed by atoms with van der Waals surface area (Å²) >= 11 is 3.31. The number of amides is 1. The van der Waals surface area contributed by atoms with Gasteiger partial charge in [-0.3, -0.25) is 4.79 Å². The minimum Gasteiger partial charge on any atom is -0.368 e. The van der Waals surface area contributed by atoms with Crippen molar-refractivity contribution in [3.05, 3.63) is 10.7 Å². The number of aromatic nitrogens is 2. The van der Waals surface area contributed by atoms with Gasteiger partial charge < -0.3 is 16.4 Å². The van der Waals surface area contributed by atoms with Crippen LogP contribution in [0.2, 0.25) is 0 Å². The monoisotopic (exact) mass is 315 g/mol. The molecule has 6 nitrogen and oxygen atoms in total. The minimum atomic E-state index is 0.0231. The number of nitrogens with one attached hydrogen (secondary N) is 2. The Balaban J connectivity index is 2.37. The summed E-state index contributed by atoms with van der Waals surface area (Å²) in [5.41, 5.74) is 5.48. The maximum absolute atomic E-state index is 11.5. The highest BCUT2D eigenvalue weighted by molar-refractivity contribution is 9.10. The molecule has 100 valence electrons. The molecule has 0 aromatic carbocycles. The summed E-state index contributed by atoms with van der Waals surface area (Å²) < 4.78 is 0.721. The molecule has 0 saturated heterocycles. The molecule has 1 unspecified atom stereocenters. The summed E-state index contributed by atoms with van der Waals surface area (Å²) in [6, 6.07) is 0.207. The second kappa shape index (κ2) is 7.15. The SMILES string of the molecule is CCC(C)NC(=O)CCNc1nc(N)ncc1Br. The smallest absolute Gasteiger partial charge is 0.221 e. The van der Waals surface area contributed by atoms with Gasteiger partial charge in [-0.2, -0.15) is 4.98 Å². The molecule has 0 spiro atoms. The summed E-state index contributed by atoms with van der Waals surface area (Å²) in [7, 11) is 0. The van der Waals surface area contributed by atoms with Gasteiger partial charge in [-0.05, 0) is 29.3 Å². The zero-order valence-electron chi connectivity index (χ0n) is 10.5. The van der Waals surface area contributed by atoms with E-state index in [4.69, 9.17) is 5.73 Å². The third-order valence-electron chi connectivity index (χ3n) is 2.43. The van der Waals surface area contributed by atoms with Crippen molar-refractivity contribution in [2.45, 2.75) is 32.7 Å². The van der Waals surface area contributed by atoms with Gasteiger partial charge in [0.05, 0.1) is 4.47 Å². The number of anilines is 2. The van der Waals surface area contributed by atoms with Crippen LogP contribution in [0.1, 0.15) is 26.7 Å². The standard InChI is InChI=1S/C11H18BrN5O/c1-3-7(2)16-9(18)4-5-14-10-8(12)6-15-11(13)17-10/h6-7H,3-5H2,1-2H3,(H,16,18)(H3,13,14,15,17). The van der Waals surface area contributed by atoms with E-state index >= 15 is 0 Å². The zero-order valence-corrected chi connectivity index (χ0v) is 12.1. The Kier molecular flexibility index (Phi) is 5.84. The van der Waals surface area contributed by atoms with Gasteiger partial charge in [-0.1, -0.05) is 6.92 Å². The fourth-order valence-electron chi connectivity index (χ4n) is 1.25. The first-order chi connectivity index (χ1) is 8.52. The largest absolute Gasteiger partial charge is 0.368 e. The highest BCUT2D eigenvalue weighted by atomic mass is 79.9. The minimum absolute atomic E-state index is 0.0231. The van der Waals surface area contributed by atoms with Crippen molar-refractivity contribution in [2.75, 3.05) is 17.6 Å². The predicted octanol–water partition coefficient (Wildman–Crippen LogP) is 1.54. The van der Waals surface area contributed by atoms with E-state index in [0.29, 0.717) is 18.8 Å². The molecule has 1 rings (SSSR count). The van der Waals surface area contributed by atoms with Gasteiger partial charge in [-0.25, -0.2) is 4.98 Å². The van der Waals surface area contributed by atoms with Crippen LogP contribution in [0.3, 0.4) is 0 Å². The molecule has 1 aromatic rings. The Morgan fingerprint density at radius 1 is 1.61 bits per heavy atom. The van der Waals surface area contributed by atoms with E-state index < -0.39 is 0 Å². The molecule has 0 radical (unpaired) electrons.